The first-order chi connectivity index (χ1) is 23.2. The first kappa shape index (κ1) is 30.3. The molecule has 0 atom stereocenters. The molecule has 6 heterocycles. The number of ether oxygens (including phenoxy) is 2. The minimum Gasteiger partial charge on any atom is -0.494 e. The summed E-state index contributed by atoms with van der Waals surface area (Å²) >= 11 is 0. The van der Waals surface area contributed by atoms with Crippen molar-refractivity contribution in [3.8, 4) is 16.9 Å². The van der Waals surface area contributed by atoms with E-state index < -0.39 is 7.14 Å². The SMILES string of the molecule is COc1cc(N2CCC3(CC2)COC3)c(-c2cnn(C)c2)cc1Nc1nc(Nc2ccc3nccnc3c2P(C)(C)=O)c2cc[nH]c2n1. The number of H-pyrrole nitrogens is 1. The summed E-state index contributed by atoms with van der Waals surface area (Å²) in [5, 5.41) is 12.8. The predicted molar refractivity (Wildman–Crippen MR) is 189 cm³/mol. The predicted octanol–water partition coefficient (Wildman–Crippen LogP) is 5.66. The Labute approximate surface area is 277 Å². The maximum Gasteiger partial charge on any atom is 0.231 e. The molecule has 4 aromatic heterocycles. The van der Waals surface area contributed by atoms with Crippen LogP contribution in [0, 0.1) is 5.41 Å². The standard InChI is InChI=1S/C34H37N10O3P/c1-43-18-21(17-38-43)23-15-26(28(46-2)16-27(23)44-13-8-34(9-14-44)19-47-20-34)40-33-41-31-22(7-10-37-31)32(42-33)39-25-6-5-24-29(36-12-11-35-24)30(25)48(3,4)45/h5-7,10-12,15-18H,8-9,13-14,19-20H2,1-4H3,(H3,37,39,40,41,42). The molecule has 3 N–H and O–H groups in total. The van der Waals surface area contributed by atoms with Crippen LogP contribution in [0.15, 0.2) is 61.3 Å². The Hall–Kier alpha value is -5.00. The molecule has 2 aromatic carbocycles. The zero-order chi connectivity index (χ0) is 33.0. The normalized spacial score (nSPS) is 16.0. The van der Waals surface area contributed by atoms with Gasteiger partial charge in [0, 0.05) is 73.2 Å². The summed E-state index contributed by atoms with van der Waals surface area (Å²) in [4.78, 5) is 24.3. The molecule has 6 aromatic rings. The molecule has 0 saturated carbocycles. The third-order valence-electron chi connectivity index (χ3n) is 9.38. The monoisotopic (exact) mass is 664 g/mol. The topological polar surface area (TPSA) is 148 Å². The number of anilines is 5. The second-order valence-corrected chi connectivity index (χ2v) is 16.2. The zero-order valence-corrected chi connectivity index (χ0v) is 28.2. The average molecular weight is 665 g/mol. The molecule has 2 saturated heterocycles. The highest BCUT2D eigenvalue weighted by Crippen LogP contribution is 2.45. The molecule has 0 radical (unpaired) electrons. The molecular formula is C34H37N10O3P. The minimum atomic E-state index is -2.78. The number of hydrogen-bond donors (Lipinski definition) is 3. The third-order valence-corrected chi connectivity index (χ3v) is 10.9. The Morgan fingerprint density at radius 2 is 1.83 bits per heavy atom. The van der Waals surface area contributed by atoms with E-state index in [1.54, 1.807) is 32.8 Å². The Morgan fingerprint density at radius 3 is 2.54 bits per heavy atom. The van der Waals surface area contributed by atoms with Crippen molar-refractivity contribution in [1.82, 2.24) is 34.7 Å². The Morgan fingerprint density at radius 1 is 1.02 bits per heavy atom. The fourth-order valence-corrected chi connectivity index (χ4v) is 8.19. The molecule has 1 spiro atoms. The molecule has 0 bridgehead atoms. The van der Waals surface area contributed by atoms with Crippen molar-refractivity contribution in [2.75, 3.05) is 62.3 Å². The van der Waals surface area contributed by atoms with Gasteiger partial charge in [-0.1, -0.05) is 0 Å². The van der Waals surface area contributed by atoms with Gasteiger partial charge in [0.2, 0.25) is 5.95 Å². The quantitative estimate of drug-likeness (QED) is 0.173. The van der Waals surface area contributed by atoms with Crippen LogP contribution in [0.25, 0.3) is 33.2 Å². The van der Waals surface area contributed by atoms with Crippen molar-refractivity contribution in [2.24, 2.45) is 12.5 Å². The van der Waals surface area contributed by atoms with Crippen LogP contribution >= 0.6 is 7.14 Å². The highest BCUT2D eigenvalue weighted by atomic mass is 31.2. The smallest absolute Gasteiger partial charge is 0.231 e. The second-order valence-electron chi connectivity index (χ2n) is 13.1. The number of piperidine rings is 1. The molecule has 14 heteroatoms. The molecule has 2 aliphatic heterocycles. The Bertz CT molecular complexity index is 2210. The molecule has 13 nitrogen and oxygen atoms in total. The molecule has 0 aliphatic carbocycles. The molecule has 8 rings (SSSR count). The van der Waals surface area contributed by atoms with Gasteiger partial charge in [-0.3, -0.25) is 14.6 Å². The highest BCUT2D eigenvalue weighted by molar-refractivity contribution is 7.71. The van der Waals surface area contributed by atoms with Gasteiger partial charge in [-0.25, -0.2) is 0 Å². The Kier molecular flexibility index (Phi) is 7.34. The number of hydrogen-bond acceptors (Lipinski definition) is 11. The summed E-state index contributed by atoms with van der Waals surface area (Å²) in [6.07, 6.45) is 11.2. The van der Waals surface area contributed by atoms with Crippen LogP contribution in [0.5, 0.6) is 5.75 Å². The fraction of sp³-hybridized carbons (Fsp3) is 0.324. The van der Waals surface area contributed by atoms with Crippen LogP contribution in [0.4, 0.5) is 28.8 Å². The van der Waals surface area contributed by atoms with Crippen LogP contribution < -0.4 is 25.6 Å². The number of fused-ring (bicyclic) bond motifs is 2. The molecule has 0 unspecified atom stereocenters. The first-order valence-electron chi connectivity index (χ1n) is 15.9. The number of nitrogens with zero attached hydrogens (tertiary/aromatic N) is 7. The number of nitrogens with one attached hydrogen (secondary N) is 3. The molecule has 2 aliphatic rings. The first-order valence-corrected chi connectivity index (χ1v) is 18.5. The van der Waals surface area contributed by atoms with Gasteiger partial charge in [-0.05, 0) is 50.4 Å². The van der Waals surface area contributed by atoms with Crippen molar-refractivity contribution < 1.29 is 14.0 Å². The van der Waals surface area contributed by atoms with Gasteiger partial charge in [-0.2, -0.15) is 15.1 Å². The number of benzene rings is 2. The van der Waals surface area contributed by atoms with E-state index in [1.165, 1.54) is 0 Å². The summed E-state index contributed by atoms with van der Waals surface area (Å²) in [6, 6.07) is 9.83. The highest BCUT2D eigenvalue weighted by Gasteiger charge is 2.41. The van der Waals surface area contributed by atoms with Gasteiger partial charge in [0.15, 0.2) is 0 Å². The largest absolute Gasteiger partial charge is 0.494 e. The van der Waals surface area contributed by atoms with Crippen molar-refractivity contribution in [1.29, 1.82) is 0 Å². The van der Waals surface area contributed by atoms with Gasteiger partial charge in [0.1, 0.15) is 29.9 Å². The summed E-state index contributed by atoms with van der Waals surface area (Å²) in [5.74, 6) is 1.58. The average Bonchev–Trinajstić information content (AvgIpc) is 3.72. The van der Waals surface area contributed by atoms with E-state index in [9.17, 15) is 4.57 Å². The van der Waals surface area contributed by atoms with E-state index in [-0.39, 0.29) is 0 Å². The van der Waals surface area contributed by atoms with E-state index in [4.69, 9.17) is 19.4 Å². The summed E-state index contributed by atoms with van der Waals surface area (Å²) in [7, 11) is 0.810. The van der Waals surface area contributed by atoms with Crippen molar-refractivity contribution in [2.45, 2.75) is 12.8 Å². The lowest BCUT2D eigenvalue weighted by molar-refractivity contribution is -0.124. The Balaban J connectivity index is 1.18. The van der Waals surface area contributed by atoms with E-state index in [2.05, 4.69) is 47.7 Å². The van der Waals surface area contributed by atoms with Gasteiger partial charge in [0.25, 0.3) is 0 Å². The van der Waals surface area contributed by atoms with Crippen molar-refractivity contribution >= 4 is 63.3 Å². The van der Waals surface area contributed by atoms with Crippen molar-refractivity contribution in [3.63, 3.8) is 0 Å². The molecule has 0 amide bonds. The molecule has 48 heavy (non-hydrogen) atoms. The van der Waals surface area contributed by atoms with Crippen LogP contribution in [0.1, 0.15) is 12.8 Å². The lowest BCUT2D eigenvalue weighted by Gasteiger charge is -2.48. The van der Waals surface area contributed by atoms with Crippen LogP contribution in [-0.2, 0) is 16.3 Å². The number of aromatic amines is 1. The van der Waals surface area contributed by atoms with Gasteiger partial charge in [0.05, 0.1) is 54.1 Å². The van der Waals surface area contributed by atoms with Gasteiger partial charge in [-0.15, -0.1) is 0 Å². The molecule has 2 fully saturated rings. The van der Waals surface area contributed by atoms with E-state index >= 15 is 0 Å². The number of aryl methyl sites for hydroxylation is 1. The van der Waals surface area contributed by atoms with Crippen LogP contribution in [-0.4, -0.2) is 81.4 Å². The van der Waals surface area contributed by atoms with Crippen LogP contribution in [0.2, 0.25) is 0 Å². The zero-order valence-electron chi connectivity index (χ0n) is 27.3. The summed E-state index contributed by atoms with van der Waals surface area (Å²) in [6.45, 7) is 7.08. The number of methoxy groups -OCH3 is 1. The lowest BCUT2D eigenvalue weighted by Crippen LogP contribution is -2.51. The number of rotatable bonds is 8. The molecule has 246 valence electrons. The lowest BCUT2D eigenvalue weighted by atomic mass is 9.76. The maximum absolute atomic E-state index is 13.6. The van der Waals surface area contributed by atoms with E-state index in [1.807, 2.05) is 48.5 Å². The van der Waals surface area contributed by atoms with Gasteiger partial charge < -0.3 is 34.6 Å². The van der Waals surface area contributed by atoms with Crippen LogP contribution in [0.3, 0.4) is 0 Å². The maximum atomic E-state index is 13.6. The van der Waals surface area contributed by atoms with E-state index in [0.717, 1.165) is 61.3 Å². The minimum absolute atomic E-state index is 0.322. The van der Waals surface area contributed by atoms with E-state index in [0.29, 0.717) is 56.3 Å². The fourth-order valence-electron chi connectivity index (χ4n) is 6.80. The van der Waals surface area contributed by atoms with Crippen molar-refractivity contribution in [3.05, 3.63) is 61.3 Å². The molecular weight excluding hydrogens is 627 g/mol. The summed E-state index contributed by atoms with van der Waals surface area (Å²) < 4.78 is 26.9. The summed E-state index contributed by atoms with van der Waals surface area (Å²) in [5.41, 5.74) is 6.75. The van der Waals surface area contributed by atoms with Gasteiger partial charge >= 0.3 is 0 Å². The second kappa shape index (κ2) is 11.6. The number of aromatic nitrogens is 7. The third kappa shape index (κ3) is 5.42.